The number of carbonyl (C=O) groups excluding carboxylic acids is 1. The van der Waals surface area contributed by atoms with E-state index in [-0.39, 0.29) is 5.70 Å². The van der Waals surface area contributed by atoms with E-state index in [9.17, 15) is 4.79 Å². The molecular formula is C26H21ClINO4. The zero-order valence-corrected chi connectivity index (χ0v) is 21.0. The Labute approximate surface area is 211 Å². The Bertz CT molecular complexity index is 1250. The number of ether oxygens (including phenoxy) is 3. The first kappa shape index (κ1) is 23.3. The molecule has 0 saturated carbocycles. The largest absolute Gasteiger partial charge is 0.490 e. The third kappa shape index (κ3) is 5.57. The summed E-state index contributed by atoms with van der Waals surface area (Å²) < 4.78 is 18.2. The molecule has 1 aliphatic rings. The predicted octanol–water partition coefficient (Wildman–Crippen LogP) is 6.58. The average Bonchev–Trinajstić information content (AvgIpc) is 3.15. The number of halogens is 2. The minimum absolute atomic E-state index is 0.237. The summed E-state index contributed by atoms with van der Waals surface area (Å²) in [7, 11) is 0. The van der Waals surface area contributed by atoms with E-state index in [1.165, 1.54) is 0 Å². The lowest BCUT2D eigenvalue weighted by atomic mass is 10.1. The molecule has 0 saturated heterocycles. The number of rotatable bonds is 7. The van der Waals surface area contributed by atoms with E-state index in [0.29, 0.717) is 35.6 Å². The maximum atomic E-state index is 12.4. The second-order valence-corrected chi connectivity index (χ2v) is 8.93. The van der Waals surface area contributed by atoms with Crippen molar-refractivity contribution in [1.82, 2.24) is 0 Å². The van der Waals surface area contributed by atoms with Crippen molar-refractivity contribution in [3.63, 3.8) is 0 Å². The van der Waals surface area contributed by atoms with Gasteiger partial charge >= 0.3 is 5.97 Å². The Morgan fingerprint density at radius 2 is 1.85 bits per heavy atom. The highest BCUT2D eigenvalue weighted by molar-refractivity contribution is 14.1. The van der Waals surface area contributed by atoms with E-state index in [0.717, 1.165) is 25.8 Å². The molecule has 0 aromatic heterocycles. The highest BCUT2D eigenvalue weighted by atomic mass is 127. The molecule has 0 amide bonds. The Kier molecular flexibility index (Phi) is 7.35. The molecule has 7 heteroatoms. The van der Waals surface area contributed by atoms with Gasteiger partial charge in [-0.25, -0.2) is 9.79 Å². The van der Waals surface area contributed by atoms with Gasteiger partial charge in [-0.2, -0.15) is 0 Å². The van der Waals surface area contributed by atoms with Crippen LogP contribution in [0.5, 0.6) is 11.5 Å². The first-order chi connectivity index (χ1) is 15.9. The molecule has 0 aliphatic carbocycles. The van der Waals surface area contributed by atoms with Gasteiger partial charge in [0.2, 0.25) is 5.90 Å². The molecule has 4 rings (SSSR count). The second kappa shape index (κ2) is 10.4. The minimum atomic E-state index is -0.482. The van der Waals surface area contributed by atoms with Gasteiger partial charge < -0.3 is 14.2 Å². The third-order valence-electron chi connectivity index (χ3n) is 4.93. The molecule has 0 bridgehead atoms. The van der Waals surface area contributed by atoms with Crippen LogP contribution >= 0.6 is 34.2 Å². The van der Waals surface area contributed by atoms with Crippen molar-refractivity contribution in [2.45, 2.75) is 20.5 Å². The number of cyclic esters (lactones) is 1. The zero-order chi connectivity index (χ0) is 23.4. The van der Waals surface area contributed by atoms with E-state index in [4.69, 9.17) is 25.8 Å². The standard InChI is InChI=1S/C26H21ClINO4/c1-3-31-23-14-18(12-21(28)24(23)32-15-17-8-10-19(27)11-9-17)13-22-26(30)33-25(29-22)20-7-5-4-6-16(20)2/h4-14H,3,15H2,1-2H3/b22-13-. The fraction of sp³-hybridized carbons (Fsp3) is 0.154. The summed E-state index contributed by atoms with van der Waals surface area (Å²) in [6, 6.07) is 18.9. The maximum Gasteiger partial charge on any atom is 0.363 e. The Balaban J connectivity index is 1.61. The molecule has 5 nitrogen and oxygen atoms in total. The molecule has 1 heterocycles. The average molecular weight is 574 g/mol. The van der Waals surface area contributed by atoms with Gasteiger partial charge in [0.1, 0.15) is 6.61 Å². The molecule has 0 N–H and O–H groups in total. The summed E-state index contributed by atoms with van der Waals surface area (Å²) in [6.45, 7) is 4.72. The summed E-state index contributed by atoms with van der Waals surface area (Å²) in [6.07, 6.45) is 1.70. The highest BCUT2D eigenvalue weighted by Crippen LogP contribution is 2.36. The number of aliphatic imine (C=N–C) groups is 1. The summed E-state index contributed by atoms with van der Waals surface area (Å²) in [5.41, 5.74) is 3.78. The number of nitrogens with zero attached hydrogens (tertiary/aromatic N) is 1. The summed E-state index contributed by atoms with van der Waals surface area (Å²) in [5, 5.41) is 0.680. The smallest absolute Gasteiger partial charge is 0.363 e. The second-order valence-electron chi connectivity index (χ2n) is 7.33. The van der Waals surface area contributed by atoms with E-state index in [1.54, 1.807) is 6.08 Å². The van der Waals surface area contributed by atoms with E-state index in [2.05, 4.69) is 27.6 Å². The number of benzene rings is 3. The topological polar surface area (TPSA) is 57.1 Å². The third-order valence-corrected chi connectivity index (χ3v) is 5.98. The number of hydrogen-bond acceptors (Lipinski definition) is 5. The fourth-order valence-electron chi connectivity index (χ4n) is 3.31. The molecule has 0 unspecified atom stereocenters. The van der Waals surface area contributed by atoms with Gasteiger partial charge in [-0.1, -0.05) is 41.9 Å². The quantitative estimate of drug-likeness (QED) is 0.182. The Morgan fingerprint density at radius 3 is 2.58 bits per heavy atom. The van der Waals surface area contributed by atoms with Crippen molar-refractivity contribution in [1.29, 1.82) is 0 Å². The van der Waals surface area contributed by atoms with Crippen LogP contribution in [0.15, 0.2) is 71.4 Å². The number of hydrogen-bond donors (Lipinski definition) is 0. The summed E-state index contributed by atoms with van der Waals surface area (Å²) in [5.74, 6) is 1.07. The van der Waals surface area contributed by atoms with Crippen LogP contribution < -0.4 is 9.47 Å². The molecule has 0 spiro atoms. The lowest BCUT2D eigenvalue weighted by molar-refractivity contribution is -0.129. The Morgan fingerprint density at radius 1 is 1.09 bits per heavy atom. The zero-order valence-electron chi connectivity index (χ0n) is 18.1. The number of aryl methyl sites for hydroxylation is 1. The SMILES string of the molecule is CCOc1cc(/C=C2\N=C(c3ccccc3C)OC2=O)cc(I)c1OCc1ccc(Cl)cc1. The van der Waals surface area contributed by atoms with Crippen molar-refractivity contribution in [3.8, 4) is 11.5 Å². The van der Waals surface area contributed by atoms with Crippen LogP contribution in [0.1, 0.15) is 29.2 Å². The van der Waals surface area contributed by atoms with E-state index >= 15 is 0 Å². The van der Waals surface area contributed by atoms with Gasteiger partial charge in [0.25, 0.3) is 0 Å². The Hall–Kier alpha value is -2.84. The van der Waals surface area contributed by atoms with Crippen molar-refractivity contribution in [2.75, 3.05) is 6.61 Å². The first-order valence-electron chi connectivity index (χ1n) is 10.4. The van der Waals surface area contributed by atoms with Crippen molar-refractivity contribution in [2.24, 2.45) is 4.99 Å². The molecule has 0 radical (unpaired) electrons. The van der Waals surface area contributed by atoms with Crippen LogP contribution in [-0.4, -0.2) is 18.5 Å². The molecule has 168 valence electrons. The van der Waals surface area contributed by atoms with Crippen molar-refractivity contribution in [3.05, 3.63) is 97.2 Å². The predicted molar refractivity (Wildman–Crippen MR) is 138 cm³/mol. The summed E-state index contributed by atoms with van der Waals surface area (Å²) >= 11 is 8.16. The number of esters is 1. The van der Waals surface area contributed by atoms with Crippen molar-refractivity contribution >= 4 is 52.1 Å². The van der Waals surface area contributed by atoms with Crippen LogP contribution in [0.25, 0.3) is 6.08 Å². The molecule has 3 aromatic carbocycles. The highest BCUT2D eigenvalue weighted by Gasteiger charge is 2.25. The van der Waals surface area contributed by atoms with Crippen molar-refractivity contribution < 1.29 is 19.0 Å². The minimum Gasteiger partial charge on any atom is -0.490 e. The molecule has 1 aliphatic heterocycles. The van der Waals surface area contributed by atoms with Gasteiger partial charge in [-0.3, -0.25) is 0 Å². The van der Waals surface area contributed by atoms with Crippen LogP contribution in [-0.2, 0) is 16.1 Å². The van der Waals surface area contributed by atoms with Gasteiger partial charge in [0.15, 0.2) is 17.2 Å². The van der Waals surface area contributed by atoms with Gasteiger partial charge in [-0.05, 0) is 89.5 Å². The van der Waals surface area contributed by atoms with Crippen LogP contribution in [0.4, 0.5) is 0 Å². The molecule has 33 heavy (non-hydrogen) atoms. The van der Waals surface area contributed by atoms with Crippen LogP contribution in [0, 0.1) is 10.5 Å². The molecular weight excluding hydrogens is 553 g/mol. The molecule has 0 atom stereocenters. The number of carbonyl (C=O) groups is 1. The fourth-order valence-corrected chi connectivity index (χ4v) is 4.21. The maximum absolute atomic E-state index is 12.4. The van der Waals surface area contributed by atoms with Crippen LogP contribution in [0.2, 0.25) is 5.02 Å². The van der Waals surface area contributed by atoms with E-state index in [1.807, 2.05) is 74.5 Å². The first-order valence-corrected chi connectivity index (χ1v) is 11.8. The van der Waals surface area contributed by atoms with Crippen LogP contribution in [0.3, 0.4) is 0 Å². The van der Waals surface area contributed by atoms with Gasteiger partial charge in [-0.15, -0.1) is 0 Å². The normalized spacial score (nSPS) is 14.2. The molecule has 3 aromatic rings. The summed E-state index contributed by atoms with van der Waals surface area (Å²) in [4.78, 5) is 16.9. The lowest BCUT2D eigenvalue weighted by Crippen LogP contribution is -2.06. The van der Waals surface area contributed by atoms with Gasteiger partial charge in [0.05, 0.1) is 10.2 Å². The van der Waals surface area contributed by atoms with E-state index < -0.39 is 5.97 Å². The molecule has 0 fully saturated rings. The van der Waals surface area contributed by atoms with Gasteiger partial charge in [0, 0.05) is 10.6 Å². The monoisotopic (exact) mass is 573 g/mol. The lowest BCUT2D eigenvalue weighted by Gasteiger charge is -2.15.